The van der Waals surface area contributed by atoms with Gasteiger partial charge in [-0.25, -0.2) is 4.79 Å². The number of rotatable bonds is 56. The number of carbonyl (C=O) groups is 4. The predicted octanol–water partition coefficient (Wildman–Crippen LogP) is 17.7. The van der Waals surface area contributed by atoms with Crippen LogP contribution in [-0.2, 0) is 42.9 Å². The van der Waals surface area contributed by atoms with Crippen molar-refractivity contribution >= 4 is 23.9 Å². The van der Waals surface area contributed by atoms with Gasteiger partial charge < -0.3 is 39.0 Å². The van der Waals surface area contributed by atoms with E-state index in [0.29, 0.717) is 25.7 Å². The fourth-order valence-corrected chi connectivity index (χ4v) is 9.75. The maximum absolute atomic E-state index is 13.2. The van der Waals surface area contributed by atoms with Crippen molar-refractivity contribution in [3.05, 3.63) is 72.9 Å². The number of hydrogen-bond donors (Lipinski definition) is 3. The Morgan fingerprint density at radius 2 is 0.790 bits per heavy atom. The molecule has 12 nitrogen and oxygen atoms in total. The number of ether oxygens (including phenoxy) is 5. The number of carboxylic acids is 1. The van der Waals surface area contributed by atoms with Gasteiger partial charge in [-0.15, -0.1) is 0 Å². The van der Waals surface area contributed by atoms with Crippen molar-refractivity contribution in [1.82, 2.24) is 0 Å². The average Bonchev–Trinajstić information content (AvgIpc) is 3.53. The van der Waals surface area contributed by atoms with E-state index in [9.17, 15) is 34.5 Å². The van der Waals surface area contributed by atoms with Crippen LogP contribution in [0.25, 0.3) is 0 Å². The number of allylic oxidation sites excluding steroid dienone is 12. The number of aliphatic carboxylic acids is 1. The molecular formula is C69H118O12. The third-order valence-electron chi connectivity index (χ3n) is 14.8. The van der Waals surface area contributed by atoms with Crippen LogP contribution >= 0.6 is 0 Å². The van der Waals surface area contributed by atoms with E-state index < -0.39 is 67.3 Å². The molecule has 1 heterocycles. The third kappa shape index (κ3) is 46.3. The molecule has 0 spiro atoms. The zero-order valence-corrected chi connectivity index (χ0v) is 51.5. The molecule has 466 valence electrons. The van der Waals surface area contributed by atoms with Gasteiger partial charge >= 0.3 is 23.9 Å². The number of aliphatic hydroxyl groups excluding tert-OH is 2. The van der Waals surface area contributed by atoms with E-state index in [1.165, 1.54) is 128 Å². The van der Waals surface area contributed by atoms with Gasteiger partial charge in [0.15, 0.2) is 24.6 Å². The molecule has 3 N–H and O–H groups in total. The highest BCUT2D eigenvalue weighted by molar-refractivity contribution is 5.74. The Kier molecular flexibility index (Phi) is 52.6. The highest BCUT2D eigenvalue weighted by Crippen LogP contribution is 2.27. The van der Waals surface area contributed by atoms with Gasteiger partial charge in [0.25, 0.3) is 0 Å². The molecule has 1 aliphatic rings. The Balaban J connectivity index is 2.68. The van der Waals surface area contributed by atoms with Gasteiger partial charge in [0.2, 0.25) is 0 Å². The van der Waals surface area contributed by atoms with Crippen molar-refractivity contribution in [2.75, 3.05) is 13.2 Å². The van der Waals surface area contributed by atoms with Crippen LogP contribution in [-0.4, -0.2) is 89.2 Å². The Morgan fingerprint density at radius 1 is 0.420 bits per heavy atom. The van der Waals surface area contributed by atoms with Crippen LogP contribution in [0.4, 0.5) is 0 Å². The Morgan fingerprint density at radius 3 is 1.23 bits per heavy atom. The largest absolute Gasteiger partial charge is 0.479 e. The van der Waals surface area contributed by atoms with Gasteiger partial charge in [-0.05, 0) is 83.5 Å². The van der Waals surface area contributed by atoms with E-state index in [-0.39, 0.29) is 25.9 Å². The van der Waals surface area contributed by atoms with Crippen molar-refractivity contribution in [3.63, 3.8) is 0 Å². The lowest BCUT2D eigenvalue weighted by Crippen LogP contribution is -2.61. The minimum atomic E-state index is -1.91. The SMILES string of the molecule is CC/C=C\C/C=C\C/C=C\C/C=C\C/C=C\CCCC(=O)OCC(COC1OC(C(=O)O)C(O)C(O)C1OC(=O)CCCCCCCCCCCCCCCCCCCCC)OC(=O)CCCCCCC/C=C\CCCCCCCC. The number of aliphatic hydroxyl groups is 2. The fraction of sp³-hybridized carbons (Fsp3) is 0.768. The van der Waals surface area contributed by atoms with Crippen molar-refractivity contribution in [1.29, 1.82) is 0 Å². The molecule has 0 aromatic carbocycles. The summed E-state index contributed by atoms with van der Waals surface area (Å²) in [5.41, 5.74) is 0. The highest BCUT2D eigenvalue weighted by atomic mass is 16.7. The number of unbranched alkanes of at least 4 members (excludes halogenated alkanes) is 30. The first-order valence-electron chi connectivity index (χ1n) is 32.9. The molecule has 6 atom stereocenters. The second-order valence-electron chi connectivity index (χ2n) is 22.4. The van der Waals surface area contributed by atoms with Crippen molar-refractivity contribution < 1.29 is 58.2 Å². The fourth-order valence-electron chi connectivity index (χ4n) is 9.75. The standard InChI is InChI=1S/C69H118O12/c1-4-7-10-13-16-19-22-25-28-30-31-33-36-39-42-45-48-51-54-57-63(72)80-67-65(74)64(73)66(68(75)76)81-69(67)78-59-60(79-62(71)56-53-50-47-44-41-38-34-27-24-21-18-15-12-9-6-3)58-77-61(70)55-52-49-46-43-40-37-35-32-29-26-23-20-17-14-11-8-5-2/h8,11,17,20,26-27,29,34-35,37,43,46,60,64-67,69,73-74H,4-7,9-10,12-16,18-19,21-25,28,30-33,36,38-42,44-45,47-59H2,1-3H3,(H,75,76)/b11-8-,20-17-,29-26-,34-27-,37-35-,46-43-. The van der Waals surface area contributed by atoms with Gasteiger partial charge in [0.1, 0.15) is 18.8 Å². The molecule has 6 unspecified atom stereocenters. The zero-order chi connectivity index (χ0) is 58.9. The molecule has 0 saturated carbocycles. The molecule has 12 heteroatoms. The Bertz CT molecular complexity index is 1680. The molecule has 0 bridgehead atoms. The molecule has 81 heavy (non-hydrogen) atoms. The van der Waals surface area contributed by atoms with Crippen LogP contribution in [0.5, 0.6) is 0 Å². The molecule has 0 aromatic rings. The summed E-state index contributed by atoms with van der Waals surface area (Å²) < 4.78 is 28.5. The monoisotopic (exact) mass is 1140 g/mol. The normalized spacial score (nSPS) is 18.2. The molecule has 0 aliphatic carbocycles. The molecule has 1 saturated heterocycles. The molecule has 1 rings (SSSR count). The zero-order valence-electron chi connectivity index (χ0n) is 51.5. The summed E-state index contributed by atoms with van der Waals surface area (Å²) in [6, 6.07) is 0. The summed E-state index contributed by atoms with van der Waals surface area (Å²) in [5.74, 6) is -3.19. The van der Waals surface area contributed by atoms with Crippen LogP contribution < -0.4 is 0 Å². The number of carboxylic acid groups (broad SMARTS) is 1. The second kappa shape index (κ2) is 56.6. The molecule has 1 aliphatic heterocycles. The topological polar surface area (TPSA) is 175 Å². The van der Waals surface area contributed by atoms with Crippen molar-refractivity contribution in [2.24, 2.45) is 0 Å². The molecular weight excluding hydrogens is 1020 g/mol. The summed E-state index contributed by atoms with van der Waals surface area (Å²) >= 11 is 0. The highest BCUT2D eigenvalue weighted by Gasteiger charge is 2.50. The Hall–Kier alpha value is -3.84. The first-order valence-corrected chi connectivity index (χ1v) is 32.9. The first kappa shape index (κ1) is 75.2. The Labute approximate surface area is 493 Å². The summed E-state index contributed by atoms with van der Waals surface area (Å²) in [6.07, 6.45) is 60.1. The maximum Gasteiger partial charge on any atom is 0.335 e. The lowest BCUT2D eigenvalue weighted by Gasteiger charge is -2.40. The van der Waals surface area contributed by atoms with Crippen LogP contribution in [0.15, 0.2) is 72.9 Å². The van der Waals surface area contributed by atoms with Crippen molar-refractivity contribution in [3.8, 4) is 0 Å². The summed E-state index contributed by atoms with van der Waals surface area (Å²) in [5, 5.41) is 31.6. The second-order valence-corrected chi connectivity index (χ2v) is 22.4. The predicted molar refractivity (Wildman–Crippen MR) is 331 cm³/mol. The molecule has 0 amide bonds. The number of carbonyl (C=O) groups excluding carboxylic acids is 3. The van der Waals surface area contributed by atoms with Crippen LogP contribution in [0, 0.1) is 0 Å². The lowest BCUT2D eigenvalue weighted by molar-refractivity contribution is -0.301. The van der Waals surface area contributed by atoms with Gasteiger partial charge in [0, 0.05) is 19.3 Å². The van der Waals surface area contributed by atoms with E-state index in [1.54, 1.807) is 0 Å². The first-order chi connectivity index (χ1) is 39.6. The number of hydrogen-bond acceptors (Lipinski definition) is 11. The smallest absolute Gasteiger partial charge is 0.335 e. The van der Waals surface area contributed by atoms with E-state index in [0.717, 1.165) is 96.3 Å². The molecule has 0 aromatic heterocycles. The third-order valence-corrected chi connectivity index (χ3v) is 14.8. The van der Waals surface area contributed by atoms with Crippen LogP contribution in [0.1, 0.15) is 290 Å². The summed E-state index contributed by atoms with van der Waals surface area (Å²) in [6.45, 7) is 5.86. The quantitative estimate of drug-likeness (QED) is 0.0228. The minimum absolute atomic E-state index is 0.0564. The van der Waals surface area contributed by atoms with Gasteiger partial charge in [-0.3, -0.25) is 14.4 Å². The van der Waals surface area contributed by atoms with E-state index >= 15 is 0 Å². The summed E-state index contributed by atoms with van der Waals surface area (Å²) in [7, 11) is 0. The maximum atomic E-state index is 13.2. The van der Waals surface area contributed by atoms with Gasteiger partial charge in [-0.2, -0.15) is 0 Å². The minimum Gasteiger partial charge on any atom is -0.479 e. The lowest BCUT2D eigenvalue weighted by atomic mass is 9.98. The molecule has 0 radical (unpaired) electrons. The molecule has 1 fully saturated rings. The van der Waals surface area contributed by atoms with Crippen LogP contribution in [0.3, 0.4) is 0 Å². The summed E-state index contributed by atoms with van der Waals surface area (Å²) in [4.78, 5) is 51.3. The van der Waals surface area contributed by atoms with E-state index in [4.69, 9.17) is 23.7 Å². The average molecular weight is 1140 g/mol. The van der Waals surface area contributed by atoms with Gasteiger partial charge in [-0.1, -0.05) is 261 Å². The van der Waals surface area contributed by atoms with Gasteiger partial charge in [0.05, 0.1) is 6.61 Å². The van der Waals surface area contributed by atoms with E-state index in [2.05, 4.69) is 87.6 Å². The van der Waals surface area contributed by atoms with Crippen molar-refractivity contribution in [2.45, 2.75) is 327 Å². The van der Waals surface area contributed by atoms with Crippen LogP contribution in [0.2, 0.25) is 0 Å². The van der Waals surface area contributed by atoms with E-state index in [1.807, 2.05) is 6.08 Å². The number of esters is 3.